The van der Waals surface area contributed by atoms with Crippen LogP contribution < -0.4 is 21.9 Å². The number of rotatable bonds is 9. The van der Waals surface area contributed by atoms with Crippen molar-refractivity contribution in [2.45, 2.75) is 25.4 Å². The summed E-state index contributed by atoms with van der Waals surface area (Å²) in [7, 11) is 0. The molecule has 13 heteroatoms. The van der Waals surface area contributed by atoms with Gasteiger partial charge in [-0.25, -0.2) is 14.8 Å². The molecule has 1 aromatic carbocycles. The molecule has 0 aliphatic rings. The summed E-state index contributed by atoms with van der Waals surface area (Å²) in [5.74, 6) is -3.16. The Hall–Kier alpha value is -4.55. The summed E-state index contributed by atoms with van der Waals surface area (Å²) < 4.78 is 0. The lowest BCUT2D eigenvalue weighted by atomic mass is 10.1. The molecule has 1 amide bonds. The van der Waals surface area contributed by atoms with Gasteiger partial charge in [-0.3, -0.25) is 19.4 Å². The summed E-state index contributed by atoms with van der Waals surface area (Å²) in [6.45, 7) is 0.231. The molecule has 0 aliphatic carbocycles. The number of aliphatic carboxylic acids is 2. The van der Waals surface area contributed by atoms with E-state index in [1.807, 2.05) is 0 Å². The van der Waals surface area contributed by atoms with Crippen LogP contribution in [0.3, 0.4) is 0 Å². The average Bonchev–Trinajstić information content (AvgIpc) is 2.75. The lowest BCUT2D eigenvalue weighted by Gasteiger charge is -2.14. The van der Waals surface area contributed by atoms with Crippen LogP contribution in [0, 0.1) is 0 Å². The van der Waals surface area contributed by atoms with Crippen LogP contribution in [0.1, 0.15) is 30.3 Å². The first-order valence-electron chi connectivity index (χ1n) is 9.33. The van der Waals surface area contributed by atoms with Gasteiger partial charge in [0.2, 0.25) is 5.95 Å². The third-order valence-electron chi connectivity index (χ3n) is 4.36. The molecule has 7 N–H and O–H groups in total. The quantitative estimate of drug-likeness (QED) is 0.261. The summed E-state index contributed by atoms with van der Waals surface area (Å²) in [5, 5.41) is 23.2. The summed E-state index contributed by atoms with van der Waals surface area (Å²) >= 11 is 0. The van der Waals surface area contributed by atoms with E-state index in [4.69, 9.17) is 15.9 Å². The fourth-order valence-electron chi connectivity index (χ4n) is 2.75. The minimum absolute atomic E-state index is 0. The number of aromatic nitrogens is 4. The Labute approximate surface area is 181 Å². The lowest BCUT2D eigenvalue weighted by molar-refractivity contribution is -0.140. The van der Waals surface area contributed by atoms with Crippen molar-refractivity contribution in [3.8, 4) is 0 Å². The maximum atomic E-state index is 12.3. The van der Waals surface area contributed by atoms with Gasteiger partial charge in [0.25, 0.3) is 11.5 Å². The number of fused-ring (bicyclic) bond motifs is 1. The van der Waals surface area contributed by atoms with E-state index in [-0.39, 0.29) is 43.5 Å². The van der Waals surface area contributed by atoms with E-state index in [2.05, 4.69) is 30.6 Å². The molecule has 0 aliphatic heterocycles. The minimum atomic E-state index is -1.31. The summed E-state index contributed by atoms with van der Waals surface area (Å²) in [4.78, 5) is 60.6. The molecular formula is C19H20N7O6+. The van der Waals surface area contributed by atoms with Crippen LogP contribution in [0.2, 0.25) is 0 Å². The molecular weight excluding hydrogens is 422 g/mol. The third kappa shape index (κ3) is 5.53. The zero-order valence-electron chi connectivity index (χ0n) is 17.5. The highest BCUT2D eigenvalue weighted by molar-refractivity contribution is 5.96. The van der Waals surface area contributed by atoms with E-state index in [1.165, 1.54) is 18.3 Å². The van der Waals surface area contributed by atoms with Crippen LogP contribution in [-0.2, 0) is 16.1 Å². The Kier molecular flexibility index (Phi) is 6.58. The summed E-state index contributed by atoms with van der Waals surface area (Å²) in [6, 6.07) is 4.86. The van der Waals surface area contributed by atoms with Crippen LogP contribution >= 0.6 is 0 Å². The van der Waals surface area contributed by atoms with Crippen molar-refractivity contribution in [2.24, 2.45) is 0 Å². The standard InChI is InChI=1S/C19H19N7O6/c20-19-25-15-14(17(30)26-19)23-11(8-22-15)7-21-10-3-1-9(2-4-10)16(29)24-12(18(31)32)5-6-13(27)28/h1-4,8,12,21H,5-7H2,(H,24,29)(H,27,28)(H,31,32)(H3,20,22,25,26,30)/p+1/t12-/m0/s1. The molecule has 3 rings (SSSR count). The second kappa shape index (κ2) is 9.51. The fourth-order valence-corrected chi connectivity index (χ4v) is 2.75. The van der Waals surface area contributed by atoms with E-state index in [0.29, 0.717) is 11.4 Å². The summed E-state index contributed by atoms with van der Waals surface area (Å²) in [6.07, 6.45) is 0.840. The Balaban J connectivity index is 0.00000385. The van der Waals surface area contributed by atoms with Gasteiger partial charge >= 0.3 is 13.4 Å². The number of nitrogens with two attached hydrogens (primary N) is 1. The van der Waals surface area contributed by atoms with Gasteiger partial charge in [-0.1, -0.05) is 0 Å². The molecule has 0 saturated heterocycles. The first kappa shape index (κ1) is 22.1. The number of benzene rings is 1. The van der Waals surface area contributed by atoms with Gasteiger partial charge in [0.15, 0.2) is 11.2 Å². The number of hydrogen-bond donors (Lipinski definition) is 6. The van der Waals surface area contributed by atoms with Crippen LogP contribution in [0.5, 0.6) is 0 Å². The van der Waals surface area contributed by atoms with Gasteiger partial charge in [-0.05, 0) is 30.7 Å². The van der Waals surface area contributed by atoms with Crippen molar-refractivity contribution in [1.29, 1.82) is 0 Å². The number of anilines is 2. The fraction of sp³-hybridized carbons (Fsp3) is 0.211. The molecule has 0 bridgehead atoms. The van der Waals surface area contributed by atoms with Crippen molar-refractivity contribution < 1.29 is 26.0 Å². The minimum Gasteiger partial charge on any atom is -0.481 e. The Morgan fingerprint density at radius 2 is 1.88 bits per heavy atom. The normalized spacial score (nSPS) is 11.6. The second-order valence-electron chi connectivity index (χ2n) is 6.71. The largest absolute Gasteiger partial charge is 1.00 e. The van der Waals surface area contributed by atoms with Crippen LogP contribution in [0.15, 0.2) is 35.3 Å². The first-order valence-corrected chi connectivity index (χ1v) is 9.33. The van der Waals surface area contributed by atoms with Crippen molar-refractivity contribution in [3.05, 3.63) is 52.1 Å². The van der Waals surface area contributed by atoms with Crippen molar-refractivity contribution in [1.82, 2.24) is 25.3 Å². The SMILES string of the molecule is Nc1nc2ncc(CNc3ccc(C(=O)N[C@@H](CCC(=O)O)C(=O)O)cc3)nc2c(=O)[nH]1.[H+]. The summed E-state index contributed by atoms with van der Waals surface area (Å²) in [5.41, 5.74) is 6.47. The molecule has 166 valence electrons. The van der Waals surface area contributed by atoms with E-state index in [1.54, 1.807) is 12.1 Å². The van der Waals surface area contributed by atoms with E-state index >= 15 is 0 Å². The number of nitrogens with zero attached hydrogens (tertiary/aromatic N) is 3. The zero-order valence-corrected chi connectivity index (χ0v) is 16.5. The van der Waals surface area contributed by atoms with Crippen molar-refractivity contribution >= 4 is 40.6 Å². The molecule has 0 spiro atoms. The number of carbonyl (C=O) groups excluding carboxylic acids is 1. The molecule has 2 aromatic heterocycles. The third-order valence-corrected chi connectivity index (χ3v) is 4.36. The predicted molar refractivity (Wildman–Crippen MR) is 113 cm³/mol. The molecule has 0 fully saturated rings. The highest BCUT2D eigenvalue weighted by atomic mass is 16.4. The van der Waals surface area contributed by atoms with Crippen LogP contribution in [0.25, 0.3) is 11.2 Å². The lowest BCUT2D eigenvalue weighted by Crippen LogP contribution is -2.41. The molecule has 0 saturated carbocycles. The highest BCUT2D eigenvalue weighted by Gasteiger charge is 2.21. The number of aromatic amines is 1. The predicted octanol–water partition coefficient (Wildman–Crippen LogP) is 0.0677. The number of amides is 1. The number of hydrogen-bond acceptors (Lipinski definition) is 9. The number of nitrogen functional groups attached to an aromatic ring is 1. The maximum Gasteiger partial charge on any atom is 1.00 e. The van der Waals surface area contributed by atoms with Gasteiger partial charge in [0, 0.05) is 17.7 Å². The Morgan fingerprint density at radius 1 is 1.16 bits per heavy atom. The number of H-pyrrole nitrogens is 1. The van der Waals surface area contributed by atoms with Gasteiger partial charge in [-0.15, -0.1) is 0 Å². The van der Waals surface area contributed by atoms with Crippen LogP contribution in [0.4, 0.5) is 11.6 Å². The van der Waals surface area contributed by atoms with Gasteiger partial charge in [-0.2, -0.15) is 4.98 Å². The molecule has 0 radical (unpaired) electrons. The van der Waals surface area contributed by atoms with Crippen molar-refractivity contribution in [2.75, 3.05) is 11.1 Å². The average molecular weight is 442 g/mol. The van der Waals surface area contributed by atoms with E-state index < -0.39 is 29.4 Å². The monoisotopic (exact) mass is 442 g/mol. The van der Waals surface area contributed by atoms with Crippen molar-refractivity contribution in [3.63, 3.8) is 0 Å². The number of nitrogens with one attached hydrogen (secondary N) is 3. The number of carboxylic acid groups (broad SMARTS) is 2. The first-order chi connectivity index (χ1) is 15.2. The molecule has 13 nitrogen and oxygen atoms in total. The molecule has 0 unspecified atom stereocenters. The van der Waals surface area contributed by atoms with E-state index in [0.717, 1.165) is 0 Å². The highest BCUT2D eigenvalue weighted by Crippen LogP contribution is 2.12. The molecule has 2 heterocycles. The number of carbonyl (C=O) groups is 3. The topological polar surface area (TPSA) is 213 Å². The van der Waals surface area contributed by atoms with Crippen LogP contribution in [-0.4, -0.2) is 54.0 Å². The Bertz CT molecular complexity index is 1230. The van der Waals surface area contributed by atoms with Gasteiger partial charge in [0.05, 0.1) is 18.4 Å². The van der Waals surface area contributed by atoms with Gasteiger partial charge < -0.3 is 26.6 Å². The molecule has 3 aromatic rings. The van der Waals surface area contributed by atoms with Gasteiger partial charge in [0.1, 0.15) is 6.04 Å². The number of carboxylic acids is 2. The zero-order chi connectivity index (χ0) is 23.3. The Morgan fingerprint density at radius 3 is 2.53 bits per heavy atom. The maximum absolute atomic E-state index is 12.3. The molecule has 32 heavy (non-hydrogen) atoms. The van der Waals surface area contributed by atoms with E-state index in [9.17, 15) is 19.2 Å². The second-order valence-corrected chi connectivity index (χ2v) is 6.71. The smallest absolute Gasteiger partial charge is 0.481 e. The molecule has 1 atom stereocenters.